The lowest BCUT2D eigenvalue weighted by Crippen LogP contribution is -2.35. The highest BCUT2D eigenvalue weighted by atomic mass is 16.2. The number of hydrogen-bond donors (Lipinski definition) is 0. The monoisotopic (exact) mass is 454 g/mol. The van der Waals surface area contributed by atoms with Crippen LogP contribution in [0.15, 0.2) is 60.9 Å². The third-order valence-corrected chi connectivity index (χ3v) is 7.12. The summed E-state index contributed by atoms with van der Waals surface area (Å²) in [6.45, 7) is 2.92. The summed E-state index contributed by atoms with van der Waals surface area (Å²) in [5.41, 5.74) is 3.14. The Morgan fingerprint density at radius 2 is 1.62 bits per heavy atom. The Bertz CT molecular complexity index is 1360. The maximum atomic E-state index is 12.8. The Kier molecular flexibility index (Phi) is 5.03. The van der Waals surface area contributed by atoms with E-state index in [-0.39, 0.29) is 18.5 Å². The Labute approximate surface area is 197 Å². The van der Waals surface area contributed by atoms with Crippen LogP contribution in [-0.2, 0) is 20.3 Å². The van der Waals surface area contributed by atoms with E-state index >= 15 is 0 Å². The summed E-state index contributed by atoms with van der Waals surface area (Å²) >= 11 is 0. The SMILES string of the molecule is Cn1c(CN2CCC(c3nccn3CN3C(=O)c4ccccc4C3=O)CC2)nc2ccccc21. The molecule has 0 aliphatic carbocycles. The molecule has 2 aliphatic heterocycles. The minimum absolute atomic E-state index is 0.196. The van der Waals surface area contributed by atoms with Crippen LogP contribution >= 0.6 is 0 Å². The molecule has 1 saturated heterocycles. The third-order valence-electron chi connectivity index (χ3n) is 7.12. The van der Waals surface area contributed by atoms with Gasteiger partial charge in [-0.05, 0) is 50.2 Å². The van der Waals surface area contributed by atoms with Crippen LogP contribution < -0.4 is 0 Å². The molecule has 0 unspecified atom stereocenters. The number of piperidine rings is 1. The van der Waals surface area contributed by atoms with Gasteiger partial charge in [0.1, 0.15) is 18.3 Å². The van der Waals surface area contributed by atoms with Crippen LogP contribution in [0.2, 0.25) is 0 Å². The molecule has 4 aromatic rings. The summed E-state index contributed by atoms with van der Waals surface area (Å²) in [4.78, 5) is 38.8. The minimum atomic E-state index is -0.238. The van der Waals surface area contributed by atoms with Gasteiger partial charge in [0.2, 0.25) is 0 Å². The second kappa shape index (κ2) is 8.22. The predicted molar refractivity (Wildman–Crippen MR) is 127 cm³/mol. The lowest BCUT2D eigenvalue weighted by molar-refractivity contribution is 0.0602. The number of para-hydroxylation sites is 2. The van der Waals surface area contributed by atoms with Crippen LogP contribution in [0.4, 0.5) is 0 Å². The normalized spacial score (nSPS) is 17.1. The largest absolute Gasteiger partial charge is 0.330 e. The molecule has 6 rings (SSSR count). The lowest BCUT2D eigenvalue weighted by atomic mass is 9.96. The van der Waals surface area contributed by atoms with Crippen molar-refractivity contribution in [3.05, 3.63) is 83.7 Å². The molecule has 4 heterocycles. The zero-order valence-electron chi connectivity index (χ0n) is 19.1. The molecule has 8 nitrogen and oxygen atoms in total. The van der Waals surface area contributed by atoms with Gasteiger partial charge in [-0.3, -0.25) is 19.4 Å². The minimum Gasteiger partial charge on any atom is -0.330 e. The van der Waals surface area contributed by atoms with Crippen molar-refractivity contribution in [1.82, 2.24) is 28.9 Å². The highest BCUT2D eigenvalue weighted by Gasteiger charge is 2.36. The average molecular weight is 455 g/mol. The van der Waals surface area contributed by atoms with Crippen molar-refractivity contribution in [1.29, 1.82) is 0 Å². The van der Waals surface area contributed by atoms with Crippen LogP contribution in [-0.4, -0.2) is 53.8 Å². The number of carbonyl (C=O) groups excluding carboxylic acids is 2. The van der Waals surface area contributed by atoms with Gasteiger partial charge in [-0.1, -0.05) is 24.3 Å². The molecule has 34 heavy (non-hydrogen) atoms. The van der Waals surface area contributed by atoms with Gasteiger partial charge < -0.3 is 9.13 Å². The number of imide groups is 1. The first kappa shape index (κ1) is 20.8. The Morgan fingerprint density at radius 1 is 0.941 bits per heavy atom. The van der Waals surface area contributed by atoms with Crippen molar-refractivity contribution in [2.24, 2.45) is 7.05 Å². The molecule has 2 amide bonds. The van der Waals surface area contributed by atoms with E-state index in [0.717, 1.165) is 55.2 Å². The number of carbonyl (C=O) groups is 2. The highest BCUT2D eigenvalue weighted by Crippen LogP contribution is 2.29. The predicted octanol–water partition coefficient (Wildman–Crippen LogP) is 3.40. The molecule has 0 N–H and O–H groups in total. The van der Waals surface area contributed by atoms with E-state index in [2.05, 4.69) is 33.6 Å². The van der Waals surface area contributed by atoms with E-state index < -0.39 is 0 Å². The molecule has 0 saturated carbocycles. The third kappa shape index (κ3) is 3.42. The first-order valence-electron chi connectivity index (χ1n) is 11.7. The van der Waals surface area contributed by atoms with E-state index in [1.54, 1.807) is 30.5 Å². The summed E-state index contributed by atoms with van der Waals surface area (Å²) in [6, 6.07) is 15.2. The average Bonchev–Trinajstić information content (AvgIpc) is 3.52. The maximum Gasteiger partial charge on any atom is 0.263 e. The van der Waals surface area contributed by atoms with E-state index in [1.165, 1.54) is 4.90 Å². The van der Waals surface area contributed by atoms with E-state index in [0.29, 0.717) is 17.0 Å². The van der Waals surface area contributed by atoms with Gasteiger partial charge in [-0.2, -0.15) is 0 Å². The molecule has 2 aliphatic rings. The summed E-state index contributed by atoms with van der Waals surface area (Å²) in [5.74, 6) is 1.84. The fraction of sp³-hybridized carbons (Fsp3) is 0.308. The van der Waals surface area contributed by atoms with Gasteiger partial charge in [-0.15, -0.1) is 0 Å². The molecular weight excluding hydrogens is 428 g/mol. The van der Waals surface area contributed by atoms with Gasteiger partial charge in [-0.25, -0.2) is 9.97 Å². The number of likely N-dealkylation sites (tertiary alicyclic amines) is 1. The van der Waals surface area contributed by atoms with Gasteiger partial charge in [0.05, 0.1) is 28.7 Å². The first-order valence-corrected chi connectivity index (χ1v) is 11.7. The number of amides is 2. The fourth-order valence-electron chi connectivity index (χ4n) is 5.21. The number of aryl methyl sites for hydroxylation is 1. The van der Waals surface area contributed by atoms with Crippen molar-refractivity contribution >= 4 is 22.8 Å². The van der Waals surface area contributed by atoms with Crippen molar-refractivity contribution < 1.29 is 9.59 Å². The van der Waals surface area contributed by atoms with Crippen LogP contribution in [0.5, 0.6) is 0 Å². The number of imidazole rings is 2. The van der Waals surface area contributed by atoms with Crippen molar-refractivity contribution in [3.63, 3.8) is 0 Å². The number of aromatic nitrogens is 4. The smallest absolute Gasteiger partial charge is 0.263 e. The van der Waals surface area contributed by atoms with Crippen LogP contribution in [0.1, 0.15) is 51.1 Å². The standard InChI is InChI=1S/C26H26N6O2/c1-29-22-9-5-4-8-21(22)28-23(29)16-30-13-10-18(11-14-30)24-27-12-15-31(24)17-32-25(33)19-6-2-3-7-20(19)26(32)34/h2-9,12,15,18H,10-11,13-14,16-17H2,1H3. The van der Waals surface area contributed by atoms with Gasteiger partial charge in [0, 0.05) is 25.4 Å². The summed E-state index contributed by atoms with van der Waals surface area (Å²) < 4.78 is 4.13. The summed E-state index contributed by atoms with van der Waals surface area (Å²) in [7, 11) is 2.08. The second-order valence-corrected chi connectivity index (χ2v) is 9.11. The zero-order valence-corrected chi connectivity index (χ0v) is 19.1. The maximum absolute atomic E-state index is 12.8. The molecule has 0 atom stereocenters. The zero-order chi connectivity index (χ0) is 23.2. The Hall–Kier alpha value is -3.78. The summed E-state index contributed by atoms with van der Waals surface area (Å²) in [5, 5.41) is 0. The molecular formula is C26H26N6O2. The van der Waals surface area contributed by atoms with Crippen molar-refractivity contribution in [2.45, 2.75) is 32.0 Å². The van der Waals surface area contributed by atoms with E-state index in [9.17, 15) is 9.59 Å². The lowest BCUT2D eigenvalue weighted by Gasteiger charge is -2.31. The fourth-order valence-corrected chi connectivity index (χ4v) is 5.21. The molecule has 0 bridgehead atoms. The molecule has 172 valence electrons. The number of benzene rings is 2. The quantitative estimate of drug-likeness (QED) is 0.432. The molecule has 2 aromatic heterocycles. The number of fused-ring (bicyclic) bond motifs is 2. The molecule has 1 fully saturated rings. The van der Waals surface area contributed by atoms with Gasteiger partial charge >= 0.3 is 0 Å². The van der Waals surface area contributed by atoms with Gasteiger partial charge in [0.15, 0.2) is 0 Å². The van der Waals surface area contributed by atoms with Crippen molar-refractivity contribution in [3.8, 4) is 0 Å². The number of hydrogen-bond acceptors (Lipinski definition) is 5. The second-order valence-electron chi connectivity index (χ2n) is 9.11. The van der Waals surface area contributed by atoms with Crippen molar-refractivity contribution in [2.75, 3.05) is 13.1 Å². The topological polar surface area (TPSA) is 76.3 Å². The van der Waals surface area contributed by atoms with Gasteiger partial charge in [0.25, 0.3) is 11.8 Å². The number of nitrogens with zero attached hydrogens (tertiary/aromatic N) is 6. The summed E-state index contributed by atoms with van der Waals surface area (Å²) in [6.07, 6.45) is 5.58. The number of rotatable bonds is 5. The molecule has 0 spiro atoms. The highest BCUT2D eigenvalue weighted by molar-refractivity contribution is 6.21. The van der Waals surface area contributed by atoms with E-state index in [1.807, 2.05) is 22.9 Å². The Morgan fingerprint density at radius 3 is 2.32 bits per heavy atom. The first-order chi connectivity index (χ1) is 16.6. The van der Waals surface area contributed by atoms with E-state index in [4.69, 9.17) is 4.98 Å². The molecule has 2 aromatic carbocycles. The van der Waals surface area contributed by atoms with Crippen LogP contribution in [0.3, 0.4) is 0 Å². The van der Waals surface area contributed by atoms with Crippen LogP contribution in [0.25, 0.3) is 11.0 Å². The molecule has 0 radical (unpaired) electrons. The molecule has 8 heteroatoms. The Balaban J connectivity index is 1.13. The van der Waals surface area contributed by atoms with Crippen LogP contribution in [0, 0.1) is 0 Å².